The quantitative estimate of drug-likeness (QED) is 0.753. The predicted octanol–water partition coefficient (Wildman–Crippen LogP) is 0.616. The van der Waals surface area contributed by atoms with E-state index >= 15 is 0 Å². The average molecular weight is 242 g/mol. The molecule has 2 N–H and O–H groups in total. The molecule has 0 aliphatic rings. The molecule has 1 aromatic carbocycles. The number of aromatic hydroxyl groups is 1. The van der Waals surface area contributed by atoms with Crippen molar-refractivity contribution in [3.63, 3.8) is 0 Å². The molecule has 0 heterocycles. The average Bonchev–Trinajstić information content (AvgIpc) is 2.36. The highest BCUT2D eigenvalue weighted by atomic mass is 16.5. The molecule has 0 aromatic heterocycles. The maximum atomic E-state index is 11.2. The summed E-state index contributed by atoms with van der Waals surface area (Å²) in [6.07, 6.45) is -1.57. The second kappa shape index (κ2) is 5.40. The Morgan fingerprint density at radius 1 is 1.18 bits per heavy atom. The van der Waals surface area contributed by atoms with Gasteiger partial charge in [-0.15, -0.1) is 0 Å². The van der Waals surface area contributed by atoms with Gasteiger partial charge < -0.3 is 24.4 Å². The molecule has 0 aliphatic carbocycles. The first-order valence-corrected chi connectivity index (χ1v) is 4.76. The van der Waals surface area contributed by atoms with Crippen molar-refractivity contribution in [2.45, 2.75) is 6.10 Å². The number of ether oxygens (including phenoxy) is 3. The molecule has 0 saturated carbocycles. The maximum absolute atomic E-state index is 11.2. The molecular weight excluding hydrogens is 228 g/mol. The molecule has 1 atom stereocenters. The van der Waals surface area contributed by atoms with Crippen LogP contribution in [-0.4, -0.2) is 37.5 Å². The molecule has 0 amide bonds. The zero-order valence-electron chi connectivity index (χ0n) is 9.76. The fourth-order valence-electron chi connectivity index (χ4n) is 1.34. The van der Waals surface area contributed by atoms with E-state index in [4.69, 9.17) is 9.47 Å². The number of phenols is 1. The Hall–Kier alpha value is -1.95. The van der Waals surface area contributed by atoms with E-state index in [0.717, 1.165) is 7.11 Å². The highest BCUT2D eigenvalue weighted by Crippen LogP contribution is 2.37. The molecule has 0 radical (unpaired) electrons. The van der Waals surface area contributed by atoms with Gasteiger partial charge in [-0.2, -0.15) is 0 Å². The van der Waals surface area contributed by atoms with Gasteiger partial charge in [0.2, 0.25) is 0 Å². The molecule has 1 aromatic rings. The summed E-state index contributed by atoms with van der Waals surface area (Å²) >= 11 is 0. The number of hydrogen-bond acceptors (Lipinski definition) is 6. The lowest BCUT2D eigenvalue weighted by atomic mass is 10.1. The van der Waals surface area contributed by atoms with E-state index in [2.05, 4.69) is 4.74 Å². The standard InChI is InChI=1S/C11H14O6/c1-15-8-4-6(10(13)11(14)17-3)7(12)5-9(8)16-2/h4-5,10,12-13H,1-3H3. The number of esters is 1. The second-order valence-electron chi connectivity index (χ2n) is 3.19. The molecule has 0 bridgehead atoms. The van der Waals surface area contributed by atoms with Crippen molar-refractivity contribution in [1.82, 2.24) is 0 Å². The fraction of sp³-hybridized carbons (Fsp3) is 0.364. The van der Waals surface area contributed by atoms with E-state index in [0.29, 0.717) is 11.5 Å². The molecule has 17 heavy (non-hydrogen) atoms. The van der Waals surface area contributed by atoms with Crippen LogP contribution in [0.25, 0.3) is 0 Å². The molecule has 94 valence electrons. The van der Waals surface area contributed by atoms with Gasteiger partial charge in [0.15, 0.2) is 17.6 Å². The number of hydrogen-bond donors (Lipinski definition) is 2. The zero-order chi connectivity index (χ0) is 13.0. The molecule has 6 heteroatoms. The molecule has 6 nitrogen and oxygen atoms in total. The van der Waals surface area contributed by atoms with Gasteiger partial charge in [0.1, 0.15) is 5.75 Å². The van der Waals surface area contributed by atoms with Gasteiger partial charge in [-0.05, 0) is 6.07 Å². The van der Waals surface area contributed by atoms with Crippen molar-refractivity contribution >= 4 is 5.97 Å². The van der Waals surface area contributed by atoms with Gasteiger partial charge in [0, 0.05) is 11.6 Å². The Bertz CT molecular complexity index is 415. The van der Waals surface area contributed by atoms with Crippen LogP contribution in [0.1, 0.15) is 11.7 Å². The van der Waals surface area contributed by atoms with Crippen LogP contribution in [-0.2, 0) is 9.53 Å². The number of carbonyl (C=O) groups excluding carboxylic acids is 1. The van der Waals surface area contributed by atoms with Crippen molar-refractivity contribution in [1.29, 1.82) is 0 Å². The first-order chi connectivity index (χ1) is 8.04. The Labute approximate surface area is 98.3 Å². The van der Waals surface area contributed by atoms with Gasteiger partial charge in [-0.1, -0.05) is 0 Å². The van der Waals surface area contributed by atoms with Gasteiger partial charge in [-0.25, -0.2) is 4.79 Å². The summed E-state index contributed by atoms with van der Waals surface area (Å²) in [5.74, 6) is -0.554. The van der Waals surface area contributed by atoms with Crippen LogP contribution in [0.5, 0.6) is 17.2 Å². The third-order valence-corrected chi connectivity index (χ3v) is 2.25. The number of rotatable bonds is 4. The van der Waals surface area contributed by atoms with Crippen LogP contribution >= 0.6 is 0 Å². The molecule has 1 rings (SSSR count). The Morgan fingerprint density at radius 2 is 1.71 bits per heavy atom. The van der Waals surface area contributed by atoms with Crippen molar-refractivity contribution in [3.8, 4) is 17.2 Å². The van der Waals surface area contributed by atoms with E-state index in [9.17, 15) is 15.0 Å². The molecule has 1 unspecified atom stereocenters. The van der Waals surface area contributed by atoms with E-state index in [-0.39, 0.29) is 11.3 Å². The smallest absolute Gasteiger partial charge is 0.339 e. The number of aliphatic hydroxyl groups excluding tert-OH is 1. The van der Waals surface area contributed by atoms with Crippen LogP contribution in [0, 0.1) is 0 Å². The van der Waals surface area contributed by atoms with Gasteiger partial charge in [-0.3, -0.25) is 0 Å². The molecule has 0 saturated heterocycles. The predicted molar refractivity (Wildman–Crippen MR) is 58.2 cm³/mol. The van der Waals surface area contributed by atoms with Crippen LogP contribution in [0.3, 0.4) is 0 Å². The lowest BCUT2D eigenvalue weighted by Crippen LogP contribution is -2.13. The van der Waals surface area contributed by atoms with E-state index in [1.807, 2.05) is 0 Å². The van der Waals surface area contributed by atoms with E-state index in [1.165, 1.54) is 26.4 Å². The maximum Gasteiger partial charge on any atom is 0.339 e. The summed E-state index contributed by atoms with van der Waals surface area (Å²) in [5.41, 5.74) is -0.00509. The first-order valence-electron chi connectivity index (χ1n) is 4.76. The molecule has 0 aliphatic heterocycles. The van der Waals surface area contributed by atoms with E-state index in [1.54, 1.807) is 0 Å². The van der Waals surface area contributed by atoms with Crippen LogP contribution in [0.4, 0.5) is 0 Å². The van der Waals surface area contributed by atoms with Gasteiger partial charge in [0.25, 0.3) is 0 Å². The topological polar surface area (TPSA) is 85.2 Å². The van der Waals surface area contributed by atoms with Crippen molar-refractivity contribution < 1.29 is 29.2 Å². The van der Waals surface area contributed by atoms with Crippen molar-refractivity contribution in [2.75, 3.05) is 21.3 Å². The largest absolute Gasteiger partial charge is 0.507 e. The summed E-state index contributed by atoms with van der Waals surface area (Å²) in [6, 6.07) is 2.57. The van der Waals surface area contributed by atoms with Crippen LogP contribution in [0.15, 0.2) is 12.1 Å². The lowest BCUT2D eigenvalue weighted by molar-refractivity contribution is -0.150. The summed E-state index contributed by atoms with van der Waals surface area (Å²) in [4.78, 5) is 11.2. The Morgan fingerprint density at radius 3 is 2.18 bits per heavy atom. The first kappa shape index (κ1) is 13.1. The van der Waals surface area contributed by atoms with Gasteiger partial charge in [0.05, 0.1) is 21.3 Å². The molecule has 0 spiro atoms. The van der Waals surface area contributed by atoms with E-state index < -0.39 is 12.1 Å². The fourth-order valence-corrected chi connectivity index (χ4v) is 1.34. The monoisotopic (exact) mass is 242 g/mol. The van der Waals surface area contributed by atoms with Crippen LogP contribution in [0.2, 0.25) is 0 Å². The SMILES string of the molecule is COC(=O)C(O)c1cc(OC)c(OC)cc1O. The number of benzene rings is 1. The lowest BCUT2D eigenvalue weighted by Gasteiger charge is -2.14. The Balaban J connectivity index is 3.21. The third-order valence-electron chi connectivity index (χ3n) is 2.25. The second-order valence-corrected chi connectivity index (χ2v) is 3.19. The van der Waals surface area contributed by atoms with Crippen molar-refractivity contribution in [3.05, 3.63) is 17.7 Å². The minimum atomic E-state index is -1.57. The zero-order valence-corrected chi connectivity index (χ0v) is 9.76. The minimum absolute atomic E-state index is 0.00509. The van der Waals surface area contributed by atoms with Gasteiger partial charge >= 0.3 is 5.97 Å². The number of aliphatic hydroxyl groups is 1. The normalized spacial score (nSPS) is 11.8. The van der Waals surface area contributed by atoms with Crippen molar-refractivity contribution in [2.24, 2.45) is 0 Å². The minimum Gasteiger partial charge on any atom is -0.507 e. The highest BCUT2D eigenvalue weighted by Gasteiger charge is 2.23. The summed E-state index contributed by atoms with van der Waals surface area (Å²) < 4.78 is 14.3. The summed E-state index contributed by atoms with van der Waals surface area (Å²) in [7, 11) is 3.96. The highest BCUT2D eigenvalue weighted by molar-refractivity contribution is 5.77. The molecule has 0 fully saturated rings. The summed E-state index contributed by atoms with van der Waals surface area (Å²) in [6.45, 7) is 0. The Kier molecular flexibility index (Phi) is 4.17. The molecular formula is C11H14O6. The van der Waals surface area contributed by atoms with Crippen LogP contribution < -0.4 is 9.47 Å². The third kappa shape index (κ3) is 2.59. The summed E-state index contributed by atoms with van der Waals surface area (Å²) in [5, 5.41) is 19.3. The number of phenolic OH excluding ortho intramolecular Hbond substituents is 1. The number of methoxy groups -OCH3 is 3. The number of carbonyl (C=O) groups is 1.